The molecule has 4 aromatic rings. The number of thioether (sulfide) groups is 1. The van der Waals surface area contributed by atoms with Crippen molar-refractivity contribution in [3.8, 4) is 5.75 Å². The van der Waals surface area contributed by atoms with Gasteiger partial charge in [-0.2, -0.15) is 0 Å². The first-order valence-corrected chi connectivity index (χ1v) is 14.9. The Morgan fingerprint density at radius 1 is 0.976 bits per heavy atom. The normalized spacial score (nSPS) is 17.4. The Morgan fingerprint density at radius 2 is 1.71 bits per heavy atom. The van der Waals surface area contributed by atoms with Gasteiger partial charge in [0.15, 0.2) is 10.9 Å². The van der Waals surface area contributed by atoms with Gasteiger partial charge < -0.3 is 15.0 Å². The van der Waals surface area contributed by atoms with Gasteiger partial charge in [-0.3, -0.25) is 9.59 Å². The molecule has 0 amide bonds. The second-order valence-corrected chi connectivity index (χ2v) is 12.6. The first-order chi connectivity index (χ1) is 19.8. The van der Waals surface area contributed by atoms with Crippen molar-refractivity contribution >= 4 is 35.0 Å². The summed E-state index contributed by atoms with van der Waals surface area (Å²) in [5.74, 6) is 1.31. The first-order valence-electron chi connectivity index (χ1n) is 13.6. The third-order valence-corrected chi connectivity index (χ3v) is 8.78. The average Bonchev–Trinajstić information content (AvgIpc) is 2.95. The highest BCUT2D eigenvalue weighted by atomic mass is 35.5. The lowest BCUT2D eigenvalue weighted by molar-refractivity contribution is -0.118. The minimum absolute atomic E-state index is 0.0559. The van der Waals surface area contributed by atoms with Gasteiger partial charge in [0.2, 0.25) is 0 Å². The summed E-state index contributed by atoms with van der Waals surface area (Å²) in [5, 5.41) is 4.56. The molecule has 8 heteroatoms. The molecule has 1 aliphatic carbocycles. The predicted molar refractivity (Wildman–Crippen MR) is 164 cm³/mol. The summed E-state index contributed by atoms with van der Waals surface area (Å²) < 4.78 is 5.99. The molecular formula is C33H30ClN3O3S. The number of benzene rings is 3. The van der Waals surface area contributed by atoms with Crippen LogP contribution >= 0.6 is 23.4 Å². The van der Waals surface area contributed by atoms with Crippen molar-refractivity contribution in [2.45, 2.75) is 50.1 Å². The number of rotatable bonds is 7. The Bertz CT molecular complexity index is 1700. The highest BCUT2D eigenvalue weighted by Crippen LogP contribution is 2.48. The standard InChI is InChI=1S/C33H30ClN3O3S/c1-33(2)16-25-28(26(38)17-33)27(21-12-14-23(15-13-21)40-18-20-8-4-3-5-9-20)29-30(35-25)36-32(37-31(29)39)41-19-22-10-6-7-11-24(22)34/h3-15,27H,16-19H2,1-2H3,(H2,35,36,37,39)/t27-/m1/s1. The summed E-state index contributed by atoms with van der Waals surface area (Å²) in [6.45, 7) is 4.64. The molecule has 0 saturated carbocycles. The largest absolute Gasteiger partial charge is 0.489 e. The van der Waals surface area contributed by atoms with Gasteiger partial charge in [0, 0.05) is 34.4 Å². The number of nitrogens with one attached hydrogen (secondary N) is 2. The molecule has 0 radical (unpaired) electrons. The molecule has 6 nitrogen and oxygen atoms in total. The van der Waals surface area contributed by atoms with Crippen molar-refractivity contribution in [1.29, 1.82) is 0 Å². The molecule has 0 fully saturated rings. The molecule has 0 spiro atoms. The fraction of sp³-hybridized carbons (Fsp3) is 0.242. The number of ketones is 1. The maximum Gasteiger partial charge on any atom is 0.257 e. The Labute approximate surface area is 248 Å². The van der Waals surface area contributed by atoms with Crippen LogP contribution in [0.4, 0.5) is 5.82 Å². The van der Waals surface area contributed by atoms with E-state index in [4.69, 9.17) is 21.3 Å². The van der Waals surface area contributed by atoms with Crippen molar-refractivity contribution < 1.29 is 9.53 Å². The molecule has 208 valence electrons. The Hall–Kier alpha value is -3.81. The van der Waals surface area contributed by atoms with E-state index in [2.05, 4.69) is 24.1 Å². The van der Waals surface area contributed by atoms with Gasteiger partial charge >= 0.3 is 0 Å². The van der Waals surface area contributed by atoms with Gasteiger partial charge in [-0.05, 0) is 46.7 Å². The maximum atomic E-state index is 13.6. The van der Waals surface area contributed by atoms with Crippen molar-refractivity contribution in [1.82, 2.24) is 9.97 Å². The molecule has 1 aliphatic heterocycles. The van der Waals surface area contributed by atoms with Crippen LogP contribution in [-0.2, 0) is 17.2 Å². The second kappa shape index (κ2) is 11.2. The van der Waals surface area contributed by atoms with Crippen molar-refractivity contribution in [3.63, 3.8) is 0 Å². The van der Waals surface area contributed by atoms with Crippen LogP contribution in [0, 0.1) is 5.41 Å². The van der Waals surface area contributed by atoms with E-state index >= 15 is 0 Å². The first kappa shape index (κ1) is 27.4. The lowest BCUT2D eigenvalue weighted by atomic mass is 9.69. The van der Waals surface area contributed by atoms with Crippen LogP contribution in [0.5, 0.6) is 5.75 Å². The van der Waals surface area contributed by atoms with E-state index in [1.807, 2.05) is 78.9 Å². The smallest absolute Gasteiger partial charge is 0.257 e. The number of allylic oxidation sites excluding steroid dienone is 2. The van der Waals surface area contributed by atoms with Crippen LogP contribution in [0.3, 0.4) is 0 Å². The van der Waals surface area contributed by atoms with Gasteiger partial charge in [-0.1, -0.05) is 97.9 Å². The Balaban J connectivity index is 1.34. The maximum absolute atomic E-state index is 13.6. The summed E-state index contributed by atoms with van der Waals surface area (Å²) in [5.41, 5.74) is 4.39. The van der Waals surface area contributed by atoms with Crippen LogP contribution in [0.25, 0.3) is 0 Å². The topological polar surface area (TPSA) is 84.1 Å². The number of fused-ring (bicyclic) bond motifs is 1. The summed E-state index contributed by atoms with van der Waals surface area (Å²) >= 11 is 7.75. The number of carbonyl (C=O) groups is 1. The molecular weight excluding hydrogens is 554 g/mol. The summed E-state index contributed by atoms with van der Waals surface area (Å²) in [7, 11) is 0. The summed E-state index contributed by atoms with van der Waals surface area (Å²) in [6, 6.07) is 25.3. The van der Waals surface area contributed by atoms with Crippen molar-refractivity contribution in [3.05, 3.63) is 128 Å². The number of anilines is 1. The van der Waals surface area contributed by atoms with Crippen molar-refractivity contribution in [2.75, 3.05) is 5.32 Å². The van der Waals surface area contributed by atoms with Crippen LogP contribution in [0.15, 0.2) is 100 Å². The zero-order valence-electron chi connectivity index (χ0n) is 22.9. The predicted octanol–water partition coefficient (Wildman–Crippen LogP) is 7.50. The number of aromatic amines is 1. The number of ether oxygens (including phenoxy) is 1. The number of hydrogen-bond acceptors (Lipinski definition) is 6. The lowest BCUT2D eigenvalue weighted by Crippen LogP contribution is -2.37. The number of H-pyrrole nitrogens is 1. The van der Waals surface area contributed by atoms with Gasteiger partial charge in [-0.15, -0.1) is 0 Å². The summed E-state index contributed by atoms with van der Waals surface area (Å²) in [4.78, 5) is 35.0. The van der Waals surface area contributed by atoms with Crippen LogP contribution in [0.2, 0.25) is 5.02 Å². The molecule has 1 atom stereocenters. The molecule has 6 rings (SSSR count). The van der Waals surface area contributed by atoms with E-state index in [1.165, 1.54) is 11.8 Å². The number of carbonyl (C=O) groups excluding carboxylic acids is 1. The van der Waals surface area contributed by atoms with E-state index < -0.39 is 5.92 Å². The van der Waals surface area contributed by atoms with E-state index in [0.717, 1.165) is 28.1 Å². The third-order valence-electron chi connectivity index (χ3n) is 7.48. The minimum atomic E-state index is -0.521. The van der Waals surface area contributed by atoms with Crippen LogP contribution in [0.1, 0.15) is 54.9 Å². The van der Waals surface area contributed by atoms with Gasteiger partial charge in [0.05, 0.1) is 5.56 Å². The zero-order chi connectivity index (χ0) is 28.6. The Morgan fingerprint density at radius 3 is 2.46 bits per heavy atom. The summed E-state index contributed by atoms with van der Waals surface area (Å²) in [6.07, 6.45) is 1.12. The van der Waals surface area contributed by atoms with E-state index in [-0.39, 0.29) is 16.8 Å². The molecule has 2 heterocycles. The highest BCUT2D eigenvalue weighted by molar-refractivity contribution is 7.98. The fourth-order valence-corrected chi connectivity index (χ4v) is 6.70. The number of halogens is 1. The highest BCUT2D eigenvalue weighted by Gasteiger charge is 2.42. The number of Topliss-reactive ketones (excluding diaryl/α,β-unsaturated/α-hetero) is 1. The molecule has 41 heavy (non-hydrogen) atoms. The second-order valence-electron chi connectivity index (χ2n) is 11.2. The SMILES string of the molecule is CC1(C)CC(=O)C2=C(C1)Nc1nc(SCc3ccccc3Cl)[nH]c(=O)c1[C@@H]2c1ccc(OCc2ccccc2)cc1. The van der Waals surface area contributed by atoms with E-state index in [9.17, 15) is 9.59 Å². The average molecular weight is 584 g/mol. The van der Waals surface area contributed by atoms with Gasteiger partial charge in [0.1, 0.15) is 18.2 Å². The molecule has 2 aliphatic rings. The molecule has 3 aromatic carbocycles. The van der Waals surface area contributed by atoms with Crippen LogP contribution in [-0.4, -0.2) is 15.8 Å². The van der Waals surface area contributed by atoms with Gasteiger partial charge in [0.25, 0.3) is 5.56 Å². The zero-order valence-corrected chi connectivity index (χ0v) is 24.4. The molecule has 1 aromatic heterocycles. The molecule has 0 unspecified atom stereocenters. The number of aromatic nitrogens is 2. The molecule has 0 saturated heterocycles. The van der Waals surface area contributed by atoms with Gasteiger partial charge in [-0.25, -0.2) is 4.98 Å². The number of hydrogen-bond donors (Lipinski definition) is 2. The number of nitrogens with zero attached hydrogens (tertiary/aromatic N) is 1. The minimum Gasteiger partial charge on any atom is -0.489 e. The van der Waals surface area contributed by atoms with E-state index in [1.54, 1.807) is 0 Å². The van der Waals surface area contributed by atoms with Crippen molar-refractivity contribution in [2.24, 2.45) is 5.41 Å². The monoisotopic (exact) mass is 583 g/mol. The fourth-order valence-electron chi connectivity index (χ4n) is 5.55. The molecule has 0 bridgehead atoms. The third kappa shape index (κ3) is 5.83. The Kier molecular flexibility index (Phi) is 7.49. The lowest BCUT2D eigenvalue weighted by Gasteiger charge is -2.38. The molecule has 2 N–H and O–H groups in total. The van der Waals surface area contributed by atoms with Crippen LogP contribution < -0.4 is 15.6 Å². The van der Waals surface area contributed by atoms with E-state index in [0.29, 0.717) is 52.3 Å². The quantitative estimate of drug-likeness (QED) is 0.173.